The predicted octanol–water partition coefficient (Wildman–Crippen LogP) is 9.15. The lowest BCUT2D eigenvalue weighted by Gasteiger charge is -2.14. The number of hydrogen-bond donors (Lipinski definition) is 1. The van der Waals surface area contributed by atoms with Crippen molar-refractivity contribution in [2.75, 3.05) is 14.2 Å². The van der Waals surface area contributed by atoms with Gasteiger partial charge in [-0.05, 0) is 131 Å². The fourth-order valence-corrected chi connectivity index (χ4v) is 6.94. The highest BCUT2D eigenvalue weighted by molar-refractivity contribution is 9.11. The second-order valence-electron chi connectivity index (χ2n) is 8.77. The number of rotatable bonds is 8. The zero-order chi connectivity index (χ0) is 28.4. The molecular weight excluding hydrogens is 778 g/mol. The van der Waals surface area contributed by atoms with Crippen LogP contribution in [0, 0.1) is 0 Å². The first kappa shape index (κ1) is 30.0. The van der Waals surface area contributed by atoms with Crippen molar-refractivity contribution in [3.63, 3.8) is 0 Å². The van der Waals surface area contributed by atoms with E-state index in [0.717, 1.165) is 25.8 Å². The molecule has 3 aromatic rings. The number of halogens is 4. The summed E-state index contributed by atoms with van der Waals surface area (Å²) >= 11 is 19.9. The molecule has 1 heterocycles. The van der Waals surface area contributed by atoms with Crippen molar-refractivity contribution >= 4 is 98.4 Å². The molecule has 0 aliphatic carbocycles. The van der Waals surface area contributed by atoms with E-state index in [9.17, 15) is 4.79 Å². The summed E-state index contributed by atoms with van der Waals surface area (Å²) in [7, 11) is 3.19. The van der Waals surface area contributed by atoms with Gasteiger partial charge in [0.15, 0.2) is 5.78 Å². The Bertz CT molecular complexity index is 1530. The Morgan fingerprint density at radius 1 is 0.872 bits per heavy atom. The van der Waals surface area contributed by atoms with Gasteiger partial charge >= 0.3 is 0 Å². The van der Waals surface area contributed by atoms with Gasteiger partial charge in [0.1, 0.15) is 22.2 Å². The van der Waals surface area contributed by atoms with Crippen LogP contribution in [-0.2, 0) is 0 Å². The van der Waals surface area contributed by atoms with Gasteiger partial charge in [-0.2, -0.15) is 0 Å². The zero-order valence-corrected chi connectivity index (χ0v) is 28.5. The molecule has 1 N–H and O–H groups in total. The summed E-state index contributed by atoms with van der Waals surface area (Å²) in [5.74, 6) is 1.81. The maximum Gasteiger partial charge on any atom is 0.196 e. The second kappa shape index (κ2) is 12.7. The van der Waals surface area contributed by atoms with Gasteiger partial charge in [-0.1, -0.05) is 24.4 Å². The lowest BCUT2D eigenvalue weighted by molar-refractivity contribution is 0.104. The molecule has 0 spiro atoms. The van der Waals surface area contributed by atoms with Crippen LogP contribution in [0.1, 0.15) is 35.3 Å². The topological polar surface area (TPSA) is 56.8 Å². The van der Waals surface area contributed by atoms with E-state index in [1.165, 1.54) is 0 Å². The fraction of sp³-hybridized carbons (Fsp3) is 0.172. The minimum atomic E-state index is -0.218. The minimum absolute atomic E-state index is 0.0140. The molecule has 202 valence electrons. The minimum Gasteiger partial charge on any atom is -0.496 e. The molecular formula is C29H23Br4NO4S. The lowest BCUT2D eigenvalue weighted by Crippen LogP contribution is -2.18. The number of carbonyl (C=O) groups is 1. The first-order chi connectivity index (χ1) is 18.5. The fourth-order valence-electron chi connectivity index (χ4n) is 4.10. The predicted molar refractivity (Wildman–Crippen MR) is 174 cm³/mol. The summed E-state index contributed by atoms with van der Waals surface area (Å²) in [5.41, 5.74) is 3.95. The first-order valence-electron chi connectivity index (χ1n) is 11.7. The molecule has 10 heteroatoms. The number of ether oxygens (including phenoxy) is 3. The van der Waals surface area contributed by atoms with Crippen LogP contribution in [0.3, 0.4) is 0 Å². The highest BCUT2D eigenvalue weighted by Gasteiger charge is 2.32. The van der Waals surface area contributed by atoms with Crippen LogP contribution >= 0.6 is 75.9 Å². The number of ketones is 1. The van der Waals surface area contributed by atoms with Gasteiger partial charge in [-0.25, -0.2) is 0 Å². The lowest BCUT2D eigenvalue weighted by atomic mass is 9.94. The zero-order valence-electron chi connectivity index (χ0n) is 21.3. The average molecular weight is 801 g/mol. The Morgan fingerprint density at radius 2 is 1.51 bits per heavy atom. The number of allylic oxidation sites excluding steroid dienone is 1. The van der Waals surface area contributed by atoms with E-state index in [2.05, 4.69) is 69.0 Å². The van der Waals surface area contributed by atoms with E-state index in [0.29, 0.717) is 47.8 Å². The van der Waals surface area contributed by atoms with Crippen molar-refractivity contribution in [2.45, 2.75) is 20.0 Å². The molecule has 5 nitrogen and oxygen atoms in total. The average Bonchev–Trinajstić information content (AvgIpc) is 3.19. The Balaban J connectivity index is 1.91. The van der Waals surface area contributed by atoms with Crippen molar-refractivity contribution < 1.29 is 19.0 Å². The van der Waals surface area contributed by atoms with Gasteiger partial charge < -0.3 is 19.5 Å². The highest BCUT2D eigenvalue weighted by atomic mass is 79.9. The van der Waals surface area contributed by atoms with Crippen LogP contribution < -0.4 is 19.5 Å². The van der Waals surface area contributed by atoms with Crippen LogP contribution in [0.15, 0.2) is 77.7 Å². The summed E-state index contributed by atoms with van der Waals surface area (Å²) in [4.78, 5) is 14.4. The summed E-state index contributed by atoms with van der Waals surface area (Å²) in [5, 5.41) is 3.27. The number of hydrogen-bond acceptors (Lipinski definition) is 5. The Labute approximate surface area is 266 Å². The molecule has 4 rings (SSSR count). The van der Waals surface area contributed by atoms with Crippen molar-refractivity contribution in [1.82, 2.24) is 5.32 Å². The Morgan fingerprint density at radius 3 is 2.08 bits per heavy atom. The molecule has 0 bridgehead atoms. The van der Waals surface area contributed by atoms with E-state index in [4.69, 9.17) is 26.4 Å². The van der Waals surface area contributed by atoms with Gasteiger partial charge in [-0.15, -0.1) is 0 Å². The third-order valence-electron chi connectivity index (χ3n) is 5.76. The molecule has 0 amide bonds. The van der Waals surface area contributed by atoms with Crippen LogP contribution in [0.2, 0.25) is 0 Å². The maximum absolute atomic E-state index is 14.0. The van der Waals surface area contributed by atoms with Crippen LogP contribution in [0.5, 0.6) is 17.2 Å². The quantitative estimate of drug-likeness (QED) is 0.181. The van der Waals surface area contributed by atoms with Crippen molar-refractivity contribution in [1.29, 1.82) is 0 Å². The van der Waals surface area contributed by atoms with E-state index in [1.807, 2.05) is 56.3 Å². The number of methoxy groups -OCH3 is 2. The molecule has 1 aliphatic heterocycles. The number of thiocarbonyl (C=S) groups is 1. The number of nitrogens with one attached hydrogen (secondary N) is 1. The van der Waals surface area contributed by atoms with E-state index in [-0.39, 0.29) is 11.9 Å². The van der Waals surface area contributed by atoms with Gasteiger partial charge in [0.05, 0.1) is 43.8 Å². The summed E-state index contributed by atoms with van der Waals surface area (Å²) < 4.78 is 19.6. The number of benzene rings is 3. The smallest absolute Gasteiger partial charge is 0.196 e. The molecule has 0 fully saturated rings. The third-order valence-corrected chi connectivity index (χ3v) is 8.48. The molecule has 39 heavy (non-hydrogen) atoms. The standard InChI is InChI=1S/C29H23Br4NO4S/c1-14(2)38-24-8-6-16(11-19(24)31)25-22(10-15-5-7-23(36-3)18(30)9-15)34-29(39)26(25)27(35)17-12-20(32)28(37-4)21(33)13-17/h5-14H,1-4H3,(H,34,39)/b22-10-. The monoisotopic (exact) mass is 797 g/mol. The van der Waals surface area contributed by atoms with Crippen LogP contribution in [0.4, 0.5) is 0 Å². The third kappa shape index (κ3) is 6.51. The SMILES string of the molecule is COc1ccc(/C=C2\NC(=S)C(C(=O)c3cc(Br)c(OC)c(Br)c3)=C2c2ccc(OC(C)C)c(Br)c2)cc1Br. The molecule has 0 unspecified atom stereocenters. The molecule has 1 aliphatic rings. The highest BCUT2D eigenvalue weighted by Crippen LogP contribution is 2.40. The largest absolute Gasteiger partial charge is 0.496 e. The van der Waals surface area contributed by atoms with Gasteiger partial charge in [-0.3, -0.25) is 4.79 Å². The molecule has 0 radical (unpaired) electrons. The normalized spacial score (nSPS) is 14.2. The van der Waals surface area contributed by atoms with Crippen molar-refractivity contribution in [2.24, 2.45) is 0 Å². The maximum atomic E-state index is 14.0. The van der Waals surface area contributed by atoms with Crippen molar-refractivity contribution in [3.05, 3.63) is 94.4 Å². The second-order valence-corrected chi connectivity index (χ2v) is 12.6. The van der Waals surface area contributed by atoms with Crippen molar-refractivity contribution in [3.8, 4) is 17.2 Å². The Kier molecular flexibility index (Phi) is 9.75. The summed E-state index contributed by atoms with van der Waals surface area (Å²) in [6, 6.07) is 15.0. The molecule has 3 aromatic carbocycles. The summed E-state index contributed by atoms with van der Waals surface area (Å²) in [6.07, 6.45) is 1.97. The van der Waals surface area contributed by atoms with Crippen LogP contribution in [-0.4, -0.2) is 31.1 Å². The van der Waals surface area contributed by atoms with Gasteiger partial charge in [0.2, 0.25) is 0 Å². The van der Waals surface area contributed by atoms with Gasteiger partial charge in [0.25, 0.3) is 0 Å². The number of Topliss-reactive ketones (excluding diaryl/α,β-unsaturated/α-hetero) is 1. The summed E-state index contributed by atoms with van der Waals surface area (Å²) in [6.45, 7) is 3.94. The van der Waals surface area contributed by atoms with Crippen LogP contribution in [0.25, 0.3) is 11.6 Å². The molecule has 0 saturated heterocycles. The molecule has 0 aromatic heterocycles. The van der Waals surface area contributed by atoms with E-state index >= 15 is 0 Å². The Hall–Kier alpha value is -1.98. The molecule has 0 atom stereocenters. The first-order valence-corrected chi connectivity index (χ1v) is 15.3. The number of carbonyl (C=O) groups excluding carboxylic acids is 1. The van der Waals surface area contributed by atoms with E-state index < -0.39 is 0 Å². The van der Waals surface area contributed by atoms with E-state index in [1.54, 1.807) is 26.4 Å². The van der Waals surface area contributed by atoms with Gasteiger partial charge in [0, 0.05) is 16.8 Å². The molecule has 0 saturated carbocycles.